The van der Waals surface area contributed by atoms with E-state index in [0.29, 0.717) is 24.0 Å². The average molecular weight is 351 g/mol. The maximum Gasteiger partial charge on any atom is 0.167 e. The molecule has 1 aromatic carbocycles. The molecule has 1 saturated carbocycles. The first-order valence-electron chi connectivity index (χ1n) is 9.46. The molecule has 1 aliphatic carbocycles. The van der Waals surface area contributed by atoms with E-state index in [4.69, 9.17) is 9.72 Å². The molecule has 0 aliphatic heterocycles. The highest BCUT2D eigenvalue weighted by Crippen LogP contribution is 2.40. The van der Waals surface area contributed by atoms with Gasteiger partial charge >= 0.3 is 0 Å². The molecule has 0 atom stereocenters. The number of nitrogens with zero attached hydrogens (tertiary/aromatic N) is 2. The van der Waals surface area contributed by atoms with E-state index < -0.39 is 0 Å². The van der Waals surface area contributed by atoms with Gasteiger partial charge in [0, 0.05) is 17.8 Å². The second-order valence-electron chi connectivity index (χ2n) is 6.80. The Morgan fingerprint density at radius 1 is 1.15 bits per heavy atom. The van der Waals surface area contributed by atoms with Crippen LogP contribution in [0.4, 0.5) is 5.82 Å². The van der Waals surface area contributed by atoms with Crippen LogP contribution in [0.2, 0.25) is 0 Å². The third kappa shape index (κ3) is 3.09. The molecule has 3 aromatic rings. The lowest BCUT2D eigenvalue weighted by Crippen LogP contribution is -2.23. The van der Waals surface area contributed by atoms with Gasteiger partial charge in [0.15, 0.2) is 11.5 Å². The van der Waals surface area contributed by atoms with Gasteiger partial charge in [0.05, 0.1) is 6.61 Å². The molecule has 5 heteroatoms. The van der Waals surface area contributed by atoms with Gasteiger partial charge in [0.1, 0.15) is 17.2 Å². The van der Waals surface area contributed by atoms with Gasteiger partial charge in [-0.05, 0) is 44.0 Å². The van der Waals surface area contributed by atoms with Crippen LogP contribution in [0.25, 0.3) is 16.9 Å². The van der Waals surface area contributed by atoms with E-state index >= 15 is 0 Å². The number of phenolic OH excluding ortho intramolecular Hbond substituents is 1. The fourth-order valence-corrected chi connectivity index (χ4v) is 3.75. The zero-order valence-corrected chi connectivity index (χ0v) is 15.1. The van der Waals surface area contributed by atoms with Crippen LogP contribution in [0, 0.1) is 0 Å². The Morgan fingerprint density at radius 2 is 2.00 bits per heavy atom. The van der Waals surface area contributed by atoms with Gasteiger partial charge in [-0.2, -0.15) is 0 Å². The lowest BCUT2D eigenvalue weighted by molar-refractivity contribution is 0.318. The van der Waals surface area contributed by atoms with Crippen LogP contribution in [-0.4, -0.2) is 27.1 Å². The minimum atomic E-state index is 0.143. The molecule has 1 aliphatic rings. The van der Waals surface area contributed by atoms with Crippen molar-refractivity contribution in [2.45, 2.75) is 45.1 Å². The topological polar surface area (TPSA) is 58.8 Å². The number of rotatable bonds is 5. The number of imidazole rings is 1. The summed E-state index contributed by atoms with van der Waals surface area (Å²) in [7, 11) is 0. The number of aromatic nitrogens is 2. The molecule has 0 unspecified atom stereocenters. The van der Waals surface area contributed by atoms with E-state index in [2.05, 4.69) is 9.72 Å². The summed E-state index contributed by atoms with van der Waals surface area (Å²) in [6.45, 7) is 2.42. The Balaban J connectivity index is 1.81. The second kappa shape index (κ2) is 7.28. The third-order valence-electron chi connectivity index (χ3n) is 5.03. The number of ether oxygens (including phenoxy) is 1. The molecule has 2 heterocycles. The van der Waals surface area contributed by atoms with Crippen LogP contribution in [0.5, 0.6) is 11.5 Å². The summed E-state index contributed by atoms with van der Waals surface area (Å²) in [6, 6.07) is 12.0. The number of aromatic hydroxyl groups is 1. The van der Waals surface area contributed by atoms with E-state index in [1.165, 1.54) is 32.1 Å². The molecule has 0 spiro atoms. The first-order valence-corrected chi connectivity index (χ1v) is 9.46. The molecule has 0 radical (unpaired) electrons. The van der Waals surface area contributed by atoms with Crippen molar-refractivity contribution in [2.75, 3.05) is 11.9 Å². The number of benzene rings is 1. The van der Waals surface area contributed by atoms with Crippen molar-refractivity contribution in [3.63, 3.8) is 0 Å². The summed E-state index contributed by atoms with van der Waals surface area (Å²) in [4.78, 5) is 4.80. The van der Waals surface area contributed by atoms with Gasteiger partial charge in [-0.3, -0.25) is 4.40 Å². The molecule has 0 saturated heterocycles. The predicted molar refractivity (Wildman–Crippen MR) is 104 cm³/mol. The molecule has 2 aromatic heterocycles. The molecule has 5 nitrogen and oxygen atoms in total. The first-order chi connectivity index (χ1) is 12.8. The maximum absolute atomic E-state index is 10.7. The normalized spacial score (nSPS) is 15.3. The van der Waals surface area contributed by atoms with Crippen molar-refractivity contribution in [3.8, 4) is 22.8 Å². The molecule has 0 bridgehead atoms. The SMILES string of the molecule is CCOc1cccc(-c2nc3ccccn3c2NC2CCCCC2)c1O. The number of pyridine rings is 1. The highest BCUT2D eigenvalue weighted by atomic mass is 16.5. The van der Waals surface area contributed by atoms with Crippen molar-refractivity contribution < 1.29 is 9.84 Å². The van der Waals surface area contributed by atoms with Gasteiger partial charge in [-0.25, -0.2) is 4.98 Å². The maximum atomic E-state index is 10.7. The Morgan fingerprint density at radius 3 is 2.81 bits per heavy atom. The fourth-order valence-electron chi connectivity index (χ4n) is 3.75. The average Bonchev–Trinajstić information content (AvgIpc) is 3.03. The van der Waals surface area contributed by atoms with Crippen molar-refractivity contribution in [1.82, 2.24) is 9.38 Å². The van der Waals surface area contributed by atoms with E-state index in [1.807, 2.05) is 43.5 Å². The predicted octanol–water partition coefficient (Wildman–Crippen LogP) is 4.85. The summed E-state index contributed by atoms with van der Waals surface area (Å²) < 4.78 is 7.62. The minimum absolute atomic E-state index is 0.143. The van der Waals surface area contributed by atoms with Crippen LogP contribution in [0.15, 0.2) is 42.6 Å². The van der Waals surface area contributed by atoms with Gasteiger partial charge in [-0.1, -0.05) is 31.4 Å². The summed E-state index contributed by atoms with van der Waals surface area (Å²) in [6.07, 6.45) is 8.19. The monoisotopic (exact) mass is 351 g/mol. The summed E-state index contributed by atoms with van der Waals surface area (Å²) in [5.41, 5.74) is 2.32. The van der Waals surface area contributed by atoms with Crippen molar-refractivity contribution >= 4 is 11.5 Å². The molecular weight excluding hydrogens is 326 g/mol. The van der Waals surface area contributed by atoms with Crippen LogP contribution < -0.4 is 10.1 Å². The molecule has 2 N–H and O–H groups in total. The zero-order valence-electron chi connectivity index (χ0n) is 15.1. The third-order valence-corrected chi connectivity index (χ3v) is 5.03. The number of anilines is 1. The Labute approximate surface area is 153 Å². The van der Waals surface area contributed by atoms with E-state index in [-0.39, 0.29) is 5.75 Å². The largest absolute Gasteiger partial charge is 0.504 e. The van der Waals surface area contributed by atoms with E-state index in [9.17, 15) is 5.11 Å². The van der Waals surface area contributed by atoms with Crippen LogP contribution >= 0.6 is 0 Å². The van der Waals surface area contributed by atoms with E-state index in [1.54, 1.807) is 6.07 Å². The number of nitrogens with one attached hydrogen (secondary N) is 1. The Kier molecular flexibility index (Phi) is 4.69. The Hall–Kier alpha value is -2.69. The first kappa shape index (κ1) is 16.8. The highest BCUT2D eigenvalue weighted by Gasteiger charge is 2.22. The number of phenols is 1. The highest BCUT2D eigenvalue weighted by molar-refractivity contribution is 5.81. The Bertz CT molecular complexity index is 897. The van der Waals surface area contributed by atoms with Gasteiger partial charge in [0.25, 0.3) is 0 Å². The zero-order chi connectivity index (χ0) is 17.9. The molecular formula is C21H25N3O2. The van der Waals surface area contributed by atoms with E-state index in [0.717, 1.165) is 17.2 Å². The molecule has 136 valence electrons. The quantitative estimate of drug-likeness (QED) is 0.690. The van der Waals surface area contributed by atoms with Gasteiger partial charge in [0.2, 0.25) is 0 Å². The van der Waals surface area contributed by atoms with Gasteiger partial charge < -0.3 is 15.2 Å². The van der Waals surface area contributed by atoms with Crippen molar-refractivity contribution in [3.05, 3.63) is 42.6 Å². The standard InChI is InChI=1S/C21H25N3O2/c1-2-26-17-12-8-11-16(20(17)25)19-21(22-15-9-4-3-5-10-15)24-14-7-6-13-18(24)23-19/h6-8,11-15,22,25H,2-5,9-10H2,1H3. The van der Waals surface area contributed by atoms with Crippen LogP contribution in [0.3, 0.4) is 0 Å². The van der Waals surface area contributed by atoms with Crippen molar-refractivity contribution in [1.29, 1.82) is 0 Å². The molecule has 4 rings (SSSR count). The number of hydrogen-bond donors (Lipinski definition) is 2. The minimum Gasteiger partial charge on any atom is -0.504 e. The van der Waals surface area contributed by atoms with Crippen molar-refractivity contribution in [2.24, 2.45) is 0 Å². The smallest absolute Gasteiger partial charge is 0.167 e. The summed E-state index contributed by atoms with van der Waals surface area (Å²) in [5.74, 6) is 1.58. The lowest BCUT2D eigenvalue weighted by atomic mass is 9.95. The molecule has 0 amide bonds. The van der Waals surface area contributed by atoms with Crippen LogP contribution in [0.1, 0.15) is 39.0 Å². The summed E-state index contributed by atoms with van der Waals surface area (Å²) in [5, 5.41) is 14.4. The van der Waals surface area contributed by atoms with Crippen LogP contribution in [-0.2, 0) is 0 Å². The van der Waals surface area contributed by atoms with Gasteiger partial charge in [-0.15, -0.1) is 0 Å². The summed E-state index contributed by atoms with van der Waals surface area (Å²) >= 11 is 0. The lowest BCUT2D eigenvalue weighted by Gasteiger charge is -2.24. The second-order valence-corrected chi connectivity index (χ2v) is 6.80. The number of para-hydroxylation sites is 1. The fraction of sp³-hybridized carbons (Fsp3) is 0.381. The molecule has 26 heavy (non-hydrogen) atoms. The number of hydrogen-bond acceptors (Lipinski definition) is 4. The number of fused-ring (bicyclic) bond motifs is 1. The molecule has 1 fully saturated rings.